The normalized spacial score (nSPS) is 10.6. The van der Waals surface area contributed by atoms with Gasteiger partial charge in [0.1, 0.15) is 5.56 Å². The second kappa shape index (κ2) is 4.44. The van der Waals surface area contributed by atoms with Crippen molar-refractivity contribution in [1.29, 1.82) is 0 Å². The van der Waals surface area contributed by atoms with Crippen LogP contribution in [-0.2, 0) is 0 Å². The van der Waals surface area contributed by atoms with Crippen molar-refractivity contribution in [2.75, 3.05) is 0 Å². The van der Waals surface area contributed by atoms with Gasteiger partial charge in [-0.3, -0.25) is 14.9 Å². The molecular formula is C7H2ClF3N2O3. The average molecular weight is 255 g/mol. The van der Waals surface area contributed by atoms with Gasteiger partial charge in [0.15, 0.2) is 5.69 Å². The number of carbonyl (C=O) groups excluding carboxylic acids is 1. The standard InChI is InChI=1S/C7H2ClF3N2O3/c8-6(14)4-3(9)5(13(15)16)2(1-12-4)7(10)11/h1,7H. The molecule has 0 aromatic carbocycles. The summed E-state index contributed by atoms with van der Waals surface area (Å²) in [6.07, 6.45) is -2.93. The molecule has 0 amide bonds. The highest BCUT2D eigenvalue weighted by molar-refractivity contribution is 6.67. The summed E-state index contributed by atoms with van der Waals surface area (Å²) in [5, 5.41) is 8.97. The smallest absolute Gasteiger partial charge is 0.274 e. The molecule has 1 aromatic rings. The first-order valence-electron chi connectivity index (χ1n) is 3.67. The zero-order chi connectivity index (χ0) is 12.5. The largest absolute Gasteiger partial charge is 0.317 e. The minimum Gasteiger partial charge on any atom is -0.274 e. The highest BCUT2D eigenvalue weighted by atomic mass is 35.5. The molecule has 86 valence electrons. The van der Waals surface area contributed by atoms with Crippen LogP contribution in [0.5, 0.6) is 0 Å². The van der Waals surface area contributed by atoms with Gasteiger partial charge in [0.2, 0.25) is 5.82 Å². The first kappa shape index (κ1) is 12.4. The topological polar surface area (TPSA) is 73.1 Å². The maximum absolute atomic E-state index is 13.3. The fourth-order valence-corrected chi connectivity index (χ4v) is 1.10. The number of hydrogen-bond acceptors (Lipinski definition) is 4. The molecule has 0 spiro atoms. The van der Waals surface area contributed by atoms with Crippen LogP contribution in [0.4, 0.5) is 18.9 Å². The van der Waals surface area contributed by atoms with E-state index < -0.39 is 39.4 Å². The lowest BCUT2D eigenvalue weighted by atomic mass is 10.2. The second-order valence-electron chi connectivity index (χ2n) is 2.56. The molecule has 0 radical (unpaired) electrons. The lowest BCUT2D eigenvalue weighted by Gasteiger charge is -2.03. The van der Waals surface area contributed by atoms with Crippen LogP contribution in [0.25, 0.3) is 0 Å². The van der Waals surface area contributed by atoms with Crippen molar-refractivity contribution in [1.82, 2.24) is 4.98 Å². The Kier molecular flexibility index (Phi) is 3.43. The van der Waals surface area contributed by atoms with Gasteiger partial charge < -0.3 is 0 Å². The summed E-state index contributed by atoms with van der Waals surface area (Å²) in [4.78, 5) is 22.6. The van der Waals surface area contributed by atoms with Crippen LogP contribution >= 0.6 is 11.6 Å². The Balaban J connectivity index is 3.54. The molecule has 0 aliphatic heterocycles. The summed E-state index contributed by atoms with van der Waals surface area (Å²) in [6.45, 7) is 0. The van der Waals surface area contributed by atoms with Crippen molar-refractivity contribution in [3.63, 3.8) is 0 Å². The number of carbonyl (C=O) groups is 1. The second-order valence-corrected chi connectivity index (χ2v) is 2.90. The van der Waals surface area contributed by atoms with Gasteiger partial charge in [-0.25, -0.2) is 13.8 Å². The molecule has 16 heavy (non-hydrogen) atoms. The summed E-state index contributed by atoms with van der Waals surface area (Å²) >= 11 is 4.87. The Morgan fingerprint density at radius 3 is 2.50 bits per heavy atom. The van der Waals surface area contributed by atoms with Crippen LogP contribution < -0.4 is 0 Å². The van der Waals surface area contributed by atoms with E-state index in [4.69, 9.17) is 11.6 Å². The van der Waals surface area contributed by atoms with Gasteiger partial charge >= 0.3 is 5.69 Å². The van der Waals surface area contributed by atoms with Crippen molar-refractivity contribution in [2.45, 2.75) is 6.43 Å². The monoisotopic (exact) mass is 254 g/mol. The van der Waals surface area contributed by atoms with Gasteiger partial charge in [-0.15, -0.1) is 0 Å². The van der Waals surface area contributed by atoms with E-state index in [1.165, 1.54) is 0 Å². The van der Waals surface area contributed by atoms with Crippen LogP contribution in [0.15, 0.2) is 6.20 Å². The first-order valence-corrected chi connectivity index (χ1v) is 4.04. The first-order chi connectivity index (χ1) is 7.36. The number of nitro groups is 1. The maximum Gasteiger partial charge on any atom is 0.317 e. The lowest BCUT2D eigenvalue weighted by Crippen LogP contribution is -2.07. The van der Waals surface area contributed by atoms with E-state index >= 15 is 0 Å². The Hall–Kier alpha value is -1.70. The highest BCUT2D eigenvalue weighted by Crippen LogP contribution is 2.31. The molecule has 0 saturated heterocycles. The van der Waals surface area contributed by atoms with E-state index in [1.54, 1.807) is 0 Å². The highest BCUT2D eigenvalue weighted by Gasteiger charge is 2.31. The fourth-order valence-electron chi connectivity index (χ4n) is 0.973. The molecule has 5 nitrogen and oxygen atoms in total. The molecule has 1 aromatic heterocycles. The van der Waals surface area contributed by atoms with Gasteiger partial charge in [0, 0.05) is 6.20 Å². The van der Waals surface area contributed by atoms with Crippen molar-refractivity contribution in [3.05, 3.63) is 33.4 Å². The van der Waals surface area contributed by atoms with Crippen molar-refractivity contribution >= 4 is 22.5 Å². The zero-order valence-corrected chi connectivity index (χ0v) is 8.04. The van der Waals surface area contributed by atoms with Crippen molar-refractivity contribution in [3.8, 4) is 0 Å². The molecule has 0 aliphatic rings. The Morgan fingerprint density at radius 2 is 2.12 bits per heavy atom. The predicted molar refractivity (Wildman–Crippen MR) is 46.0 cm³/mol. The third-order valence-electron chi connectivity index (χ3n) is 1.63. The molecule has 0 unspecified atom stereocenters. The predicted octanol–water partition coefficient (Wildman–Crippen LogP) is 2.45. The van der Waals surface area contributed by atoms with E-state index in [2.05, 4.69) is 4.98 Å². The van der Waals surface area contributed by atoms with Crippen LogP contribution in [0, 0.1) is 15.9 Å². The molecule has 1 rings (SSSR count). The Labute approximate surface area is 91.0 Å². The third-order valence-corrected chi connectivity index (χ3v) is 1.80. The SMILES string of the molecule is O=C(Cl)c1ncc(C(F)F)c([N+](=O)[O-])c1F. The zero-order valence-electron chi connectivity index (χ0n) is 7.29. The molecule has 9 heteroatoms. The van der Waals surface area contributed by atoms with Crippen LogP contribution in [0.3, 0.4) is 0 Å². The summed E-state index contributed by atoms with van der Waals surface area (Å²) in [6, 6.07) is 0. The van der Waals surface area contributed by atoms with E-state index in [0.717, 1.165) is 0 Å². The van der Waals surface area contributed by atoms with E-state index in [-0.39, 0.29) is 0 Å². The number of pyridine rings is 1. The lowest BCUT2D eigenvalue weighted by molar-refractivity contribution is -0.389. The van der Waals surface area contributed by atoms with Gasteiger partial charge in [-0.1, -0.05) is 0 Å². The number of halogens is 4. The summed E-state index contributed by atoms with van der Waals surface area (Å²) in [5.41, 5.74) is -3.75. The molecule has 0 bridgehead atoms. The molecule has 1 heterocycles. The molecule has 0 N–H and O–H groups in total. The van der Waals surface area contributed by atoms with Gasteiger partial charge in [-0.2, -0.15) is 4.39 Å². The van der Waals surface area contributed by atoms with E-state index in [9.17, 15) is 28.1 Å². The number of nitrogens with zero attached hydrogens (tertiary/aromatic N) is 2. The number of alkyl halides is 2. The molecular weight excluding hydrogens is 253 g/mol. The van der Waals surface area contributed by atoms with Crippen LogP contribution in [-0.4, -0.2) is 15.1 Å². The number of aromatic nitrogens is 1. The minimum atomic E-state index is -3.28. The van der Waals surface area contributed by atoms with Gasteiger partial charge in [0.05, 0.1) is 4.92 Å². The fraction of sp³-hybridized carbons (Fsp3) is 0.143. The van der Waals surface area contributed by atoms with Crippen molar-refractivity contribution in [2.24, 2.45) is 0 Å². The summed E-state index contributed by atoms with van der Waals surface area (Å²) in [5.74, 6) is -1.76. The van der Waals surface area contributed by atoms with Crippen LogP contribution in [0.1, 0.15) is 22.5 Å². The quantitative estimate of drug-likeness (QED) is 0.472. The maximum atomic E-state index is 13.3. The summed E-state index contributed by atoms with van der Waals surface area (Å²) < 4.78 is 37.8. The van der Waals surface area contributed by atoms with E-state index in [0.29, 0.717) is 6.20 Å². The minimum absolute atomic E-state index is 0.349. The Morgan fingerprint density at radius 1 is 1.56 bits per heavy atom. The third kappa shape index (κ3) is 2.11. The Bertz CT molecular complexity index is 466. The molecule has 0 saturated carbocycles. The molecule has 0 fully saturated rings. The number of rotatable bonds is 3. The van der Waals surface area contributed by atoms with Gasteiger partial charge in [0.25, 0.3) is 11.7 Å². The summed E-state index contributed by atoms with van der Waals surface area (Å²) in [7, 11) is 0. The van der Waals surface area contributed by atoms with E-state index in [1.807, 2.05) is 0 Å². The number of hydrogen-bond donors (Lipinski definition) is 0. The van der Waals surface area contributed by atoms with Crippen molar-refractivity contribution < 1.29 is 22.9 Å². The van der Waals surface area contributed by atoms with Gasteiger partial charge in [-0.05, 0) is 11.6 Å². The molecule has 0 aliphatic carbocycles. The average Bonchev–Trinajstić information content (AvgIpc) is 2.15. The molecule has 0 atom stereocenters. The van der Waals surface area contributed by atoms with Crippen LogP contribution in [0.2, 0.25) is 0 Å².